The van der Waals surface area contributed by atoms with Gasteiger partial charge in [-0.05, 0) is 52.2 Å². The number of hydrogen-bond donors (Lipinski definition) is 1. The van der Waals surface area contributed by atoms with Crippen molar-refractivity contribution in [2.75, 3.05) is 5.75 Å². The zero-order valence-electron chi connectivity index (χ0n) is 15.3. The number of aromatic nitrogens is 4. The molecule has 1 aliphatic rings. The van der Waals surface area contributed by atoms with Crippen molar-refractivity contribution in [2.24, 2.45) is 0 Å². The summed E-state index contributed by atoms with van der Waals surface area (Å²) >= 11 is 1.36. The van der Waals surface area contributed by atoms with Crippen LogP contribution in [0.1, 0.15) is 38.7 Å². The van der Waals surface area contributed by atoms with Crippen molar-refractivity contribution in [1.29, 1.82) is 0 Å². The molecule has 0 aliphatic carbocycles. The van der Waals surface area contributed by atoms with E-state index in [9.17, 15) is 4.79 Å². The van der Waals surface area contributed by atoms with Crippen LogP contribution in [0.5, 0.6) is 0 Å². The van der Waals surface area contributed by atoms with Gasteiger partial charge in [-0.3, -0.25) is 4.79 Å². The summed E-state index contributed by atoms with van der Waals surface area (Å²) in [4.78, 5) is 22.5. The van der Waals surface area contributed by atoms with Gasteiger partial charge in [0.05, 0.1) is 5.75 Å². The zero-order valence-corrected chi connectivity index (χ0v) is 16.1. The van der Waals surface area contributed by atoms with Crippen molar-refractivity contribution in [3.63, 3.8) is 0 Å². The van der Waals surface area contributed by atoms with Crippen molar-refractivity contribution in [1.82, 2.24) is 25.1 Å². The topological polar surface area (TPSA) is 74.8 Å². The van der Waals surface area contributed by atoms with Gasteiger partial charge in [-0.15, -0.1) is 10.2 Å². The molecule has 1 aliphatic heterocycles. The summed E-state index contributed by atoms with van der Waals surface area (Å²) < 4.78 is 0. The lowest BCUT2D eigenvalue weighted by molar-refractivity contribution is -0.134. The number of nitrogens with one attached hydrogen (secondary N) is 1. The van der Waals surface area contributed by atoms with E-state index < -0.39 is 0 Å². The number of piperidine rings is 1. The van der Waals surface area contributed by atoms with Crippen molar-refractivity contribution in [3.8, 4) is 0 Å². The number of thioether (sulfide) groups is 1. The highest BCUT2D eigenvalue weighted by molar-refractivity contribution is 7.99. The maximum atomic E-state index is 12.7. The van der Waals surface area contributed by atoms with E-state index in [-0.39, 0.29) is 5.91 Å². The van der Waals surface area contributed by atoms with Crippen LogP contribution in [0.15, 0.2) is 23.4 Å². The standard InChI is InChI=1S/C19H23N5OS/c1-11-7-8-15-14(9-11)17-18(20-15)21-19(23-22-17)26-10-16(25)24-12(2)5-4-6-13(24)3/h7-9,12-13H,4-6,10H2,1-3H3,(H,20,21,23)/t12-,13-/m1/s1. The Morgan fingerprint density at radius 2 is 2.04 bits per heavy atom. The van der Waals surface area contributed by atoms with Gasteiger partial charge in [0, 0.05) is 23.0 Å². The number of carbonyl (C=O) groups is 1. The molecule has 1 N–H and O–H groups in total. The van der Waals surface area contributed by atoms with E-state index in [1.54, 1.807) is 0 Å². The molecule has 3 heterocycles. The first-order chi connectivity index (χ1) is 12.5. The second-order valence-corrected chi connectivity index (χ2v) is 8.13. The smallest absolute Gasteiger partial charge is 0.233 e. The number of aromatic amines is 1. The number of H-pyrrole nitrogens is 1. The lowest BCUT2D eigenvalue weighted by Crippen LogP contribution is -2.48. The number of benzene rings is 1. The number of carbonyl (C=O) groups excluding carboxylic acids is 1. The predicted octanol–water partition coefficient (Wildman–Crippen LogP) is 3.70. The summed E-state index contributed by atoms with van der Waals surface area (Å²) in [7, 11) is 0. The maximum absolute atomic E-state index is 12.7. The molecule has 4 rings (SSSR count). The van der Waals surface area contributed by atoms with E-state index >= 15 is 0 Å². The largest absolute Gasteiger partial charge is 0.338 e. The van der Waals surface area contributed by atoms with Gasteiger partial charge in [0.15, 0.2) is 5.65 Å². The first kappa shape index (κ1) is 17.3. The summed E-state index contributed by atoms with van der Waals surface area (Å²) in [6, 6.07) is 6.79. The minimum Gasteiger partial charge on any atom is -0.338 e. The molecular formula is C19H23N5OS. The molecule has 3 aromatic rings. The van der Waals surface area contributed by atoms with Gasteiger partial charge in [0.1, 0.15) is 5.52 Å². The van der Waals surface area contributed by atoms with Crippen LogP contribution in [-0.4, -0.2) is 48.8 Å². The zero-order chi connectivity index (χ0) is 18.3. The van der Waals surface area contributed by atoms with Crippen LogP contribution in [-0.2, 0) is 4.79 Å². The van der Waals surface area contributed by atoms with Crippen LogP contribution in [0.3, 0.4) is 0 Å². The number of fused-ring (bicyclic) bond motifs is 3. The Hall–Kier alpha value is -2.15. The fourth-order valence-electron chi connectivity index (χ4n) is 3.85. The molecule has 0 bridgehead atoms. The monoisotopic (exact) mass is 369 g/mol. The molecule has 1 amide bonds. The van der Waals surface area contributed by atoms with Crippen LogP contribution >= 0.6 is 11.8 Å². The number of likely N-dealkylation sites (tertiary alicyclic amines) is 1. The van der Waals surface area contributed by atoms with Gasteiger partial charge in [0.2, 0.25) is 11.1 Å². The van der Waals surface area contributed by atoms with Gasteiger partial charge >= 0.3 is 0 Å². The normalized spacial score (nSPS) is 20.8. The van der Waals surface area contributed by atoms with E-state index in [1.165, 1.54) is 23.7 Å². The van der Waals surface area contributed by atoms with Crippen molar-refractivity contribution in [2.45, 2.75) is 57.3 Å². The predicted molar refractivity (Wildman–Crippen MR) is 104 cm³/mol. The summed E-state index contributed by atoms with van der Waals surface area (Å²) in [5, 5.41) is 10.1. The number of rotatable bonds is 3. The molecule has 1 aromatic carbocycles. The van der Waals surface area contributed by atoms with Gasteiger partial charge < -0.3 is 9.88 Å². The molecule has 6 nitrogen and oxygen atoms in total. The highest BCUT2D eigenvalue weighted by Crippen LogP contribution is 2.26. The number of amides is 1. The van der Waals surface area contributed by atoms with Gasteiger partial charge in [-0.2, -0.15) is 0 Å². The summed E-state index contributed by atoms with van der Waals surface area (Å²) in [6.45, 7) is 6.32. The molecule has 7 heteroatoms. The van der Waals surface area contributed by atoms with Crippen LogP contribution in [0.4, 0.5) is 0 Å². The molecule has 0 radical (unpaired) electrons. The molecule has 1 fully saturated rings. The van der Waals surface area contributed by atoms with Gasteiger partial charge in [-0.25, -0.2) is 4.98 Å². The molecule has 1 saturated heterocycles. The lowest BCUT2D eigenvalue weighted by Gasteiger charge is -2.39. The van der Waals surface area contributed by atoms with Crippen LogP contribution in [0.2, 0.25) is 0 Å². The summed E-state index contributed by atoms with van der Waals surface area (Å²) in [5.41, 5.74) is 3.67. The van der Waals surface area contributed by atoms with E-state index in [0.717, 1.165) is 34.9 Å². The molecule has 0 saturated carbocycles. The molecule has 26 heavy (non-hydrogen) atoms. The fourth-order valence-corrected chi connectivity index (χ4v) is 4.50. The Morgan fingerprint density at radius 1 is 1.27 bits per heavy atom. The Bertz CT molecular complexity index is 959. The Labute approximate surface area is 156 Å². The minimum atomic E-state index is 0.158. The van der Waals surface area contributed by atoms with Crippen molar-refractivity contribution < 1.29 is 4.79 Å². The fraction of sp³-hybridized carbons (Fsp3) is 0.474. The van der Waals surface area contributed by atoms with Crippen LogP contribution in [0, 0.1) is 6.92 Å². The quantitative estimate of drug-likeness (QED) is 0.713. The van der Waals surface area contributed by atoms with E-state index in [4.69, 9.17) is 0 Å². The number of hydrogen-bond acceptors (Lipinski definition) is 5. The third-order valence-electron chi connectivity index (χ3n) is 5.16. The summed E-state index contributed by atoms with van der Waals surface area (Å²) in [6.07, 6.45) is 3.36. The van der Waals surface area contributed by atoms with Crippen molar-refractivity contribution >= 4 is 39.7 Å². The third-order valence-corrected chi connectivity index (χ3v) is 5.98. The summed E-state index contributed by atoms with van der Waals surface area (Å²) in [5.74, 6) is 0.506. The van der Waals surface area contributed by atoms with Gasteiger partial charge in [-0.1, -0.05) is 23.4 Å². The average Bonchev–Trinajstić information content (AvgIpc) is 2.97. The highest BCUT2D eigenvalue weighted by atomic mass is 32.2. The molecule has 136 valence electrons. The average molecular weight is 369 g/mol. The van der Waals surface area contributed by atoms with Gasteiger partial charge in [0.25, 0.3) is 0 Å². The molecule has 2 atom stereocenters. The molecule has 2 aromatic heterocycles. The second kappa shape index (κ2) is 6.87. The van der Waals surface area contributed by atoms with Crippen LogP contribution < -0.4 is 0 Å². The number of aryl methyl sites for hydroxylation is 1. The lowest BCUT2D eigenvalue weighted by atomic mass is 9.98. The van der Waals surface area contributed by atoms with E-state index in [0.29, 0.717) is 23.0 Å². The first-order valence-electron chi connectivity index (χ1n) is 9.09. The van der Waals surface area contributed by atoms with E-state index in [1.807, 2.05) is 11.0 Å². The maximum Gasteiger partial charge on any atom is 0.233 e. The van der Waals surface area contributed by atoms with Crippen molar-refractivity contribution in [3.05, 3.63) is 23.8 Å². The molecule has 0 spiro atoms. The Kier molecular flexibility index (Phi) is 4.56. The highest BCUT2D eigenvalue weighted by Gasteiger charge is 2.28. The first-order valence-corrected chi connectivity index (χ1v) is 10.1. The van der Waals surface area contributed by atoms with E-state index in [2.05, 4.69) is 53.1 Å². The SMILES string of the molecule is Cc1ccc2[nH]c3nc(SCC(=O)N4[C@H](C)CCC[C@H]4C)nnc3c2c1. The second-order valence-electron chi connectivity index (χ2n) is 7.18. The van der Waals surface area contributed by atoms with Crippen LogP contribution in [0.25, 0.3) is 22.1 Å². The molecule has 0 unspecified atom stereocenters. The third kappa shape index (κ3) is 3.16. The number of nitrogens with zero attached hydrogens (tertiary/aromatic N) is 4. The Morgan fingerprint density at radius 3 is 2.81 bits per heavy atom. The molecular weight excluding hydrogens is 346 g/mol. The Balaban J connectivity index is 1.52. The minimum absolute atomic E-state index is 0.158.